The molecule has 0 saturated heterocycles. The number of carbonyl (C=O) groups excluding carboxylic acids is 1. The fraction of sp³-hybridized carbons (Fsp3) is 0.480. The fourth-order valence-electron chi connectivity index (χ4n) is 4.49. The van der Waals surface area contributed by atoms with E-state index in [9.17, 15) is 15.2 Å². The van der Waals surface area contributed by atoms with E-state index in [2.05, 4.69) is 24.0 Å². The highest BCUT2D eigenvalue weighted by Crippen LogP contribution is 2.33. The molecule has 1 heterocycles. The summed E-state index contributed by atoms with van der Waals surface area (Å²) in [6.45, 7) is 6.40. The molecule has 0 bridgehead atoms. The third-order valence-corrected chi connectivity index (χ3v) is 6.22. The maximum Gasteiger partial charge on any atom is 0.213 e. The van der Waals surface area contributed by atoms with Crippen LogP contribution in [0.3, 0.4) is 0 Å². The van der Waals surface area contributed by atoms with Gasteiger partial charge in [-0.3, -0.25) is 4.79 Å². The first kappa shape index (κ1) is 22.0. The molecule has 2 atom stereocenters. The van der Waals surface area contributed by atoms with Crippen molar-refractivity contribution in [3.63, 3.8) is 0 Å². The van der Waals surface area contributed by atoms with Crippen LogP contribution in [-0.4, -0.2) is 29.1 Å². The van der Waals surface area contributed by atoms with Crippen LogP contribution in [0.1, 0.15) is 53.3 Å². The SMILES string of the molecule is CCc1cc(C[C@H]2CCC(=O)[C@@H]2COc2cc(C)c(CCO)c(C)n2)ccc1C#N. The molecule has 1 saturated carbocycles. The van der Waals surface area contributed by atoms with Crippen LogP contribution >= 0.6 is 0 Å². The summed E-state index contributed by atoms with van der Waals surface area (Å²) < 4.78 is 5.97. The van der Waals surface area contributed by atoms with E-state index in [0.29, 0.717) is 25.3 Å². The maximum absolute atomic E-state index is 12.5. The van der Waals surface area contributed by atoms with Crippen molar-refractivity contribution >= 4 is 5.78 Å². The van der Waals surface area contributed by atoms with Gasteiger partial charge in [-0.25, -0.2) is 4.98 Å². The van der Waals surface area contributed by atoms with Crippen molar-refractivity contribution in [1.29, 1.82) is 5.26 Å². The van der Waals surface area contributed by atoms with Gasteiger partial charge in [0, 0.05) is 24.8 Å². The lowest BCUT2D eigenvalue weighted by molar-refractivity contribution is -0.122. The number of carbonyl (C=O) groups is 1. The number of benzene rings is 1. The predicted octanol–water partition coefficient (Wildman–Crippen LogP) is 3.88. The highest BCUT2D eigenvalue weighted by Gasteiger charge is 2.35. The molecule has 1 N–H and O–H groups in total. The average Bonchev–Trinajstić information content (AvgIpc) is 3.08. The first-order chi connectivity index (χ1) is 14.5. The van der Waals surface area contributed by atoms with Crippen molar-refractivity contribution < 1.29 is 14.6 Å². The number of Topliss-reactive ketones (excluding diaryl/α,β-unsaturated/α-hetero) is 1. The Morgan fingerprint density at radius 3 is 2.77 bits per heavy atom. The molecule has 158 valence electrons. The summed E-state index contributed by atoms with van der Waals surface area (Å²) in [6, 6.07) is 10.1. The van der Waals surface area contributed by atoms with Gasteiger partial charge in [0.25, 0.3) is 0 Å². The summed E-state index contributed by atoms with van der Waals surface area (Å²) >= 11 is 0. The van der Waals surface area contributed by atoms with Gasteiger partial charge in [0.2, 0.25) is 5.88 Å². The quantitative estimate of drug-likeness (QED) is 0.719. The molecule has 5 nitrogen and oxygen atoms in total. The van der Waals surface area contributed by atoms with E-state index in [0.717, 1.165) is 47.2 Å². The highest BCUT2D eigenvalue weighted by molar-refractivity contribution is 5.83. The predicted molar refractivity (Wildman–Crippen MR) is 115 cm³/mol. The van der Waals surface area contributed by atoms with E-state index in [1.54, 1.807) is 0 Å². The van der Waals surface area contributed by atoms with Crippen molar-refractivity contribution in [2.75, 3.05) is 13.2 Å². The lowest BCUT2D eigenvalue weighted by Crippen LogP contribution is -2.24. The Labute approximate surface area is 178 Å². The third-order valence-electron chi connectivity index (χ3n) is 6.22. The Balaban J connectivity index is 1.70. The van der Waals surface area contributed by atoms with Gasteiger partial charge >= 0.3 is 0 Å². The third kappa shape index (κ3) is 4.88. The molecule has 5 heteroatoms. The van der Waals surface area contributed by atoms with Crippen molar-refractivity contribution in [3.05, 3.63) is 57.8 Å². The molecule has 0 unspecified atom stereocenters. The van der Waals surface area contributed by atoms with Crippen LogP contribution in [0.15, 0.2) is 24.3 Å². The number of hydrogen-bond acceptors (Lipinski definition) is 5. The summed E-state index contributed by atoms with van der Waals surface area (Å²) in [5.41, 5.74) is 5.92. The second-order valence-electron chi connectivity index (χ2n) is 8.16. The van der Waals surface area contributed by atoms with E-state index in [4.69, 9.17) is 4.74 Å². The van der Waals surface area contributed by atoms with E-state index < -0.39 is 0 Å². The normalized spacial score (nSPS) is 18.4. The number of nitriles is 1. The number of aliphatic hydroxyl groups excluding tert-OH is 1. The molecular weight excluding hydrogens is 376 g/mol. The fourth-order valence-corrected chi connectivity index (χ4v) is 4.49. The minimum Gasteiger partial charge on any atom is -0.477 e. The summed E-state index contributed by atoms with van der Waals surface area (Å²) in [5, 5.41) is 18.5. The minimum atomic E-state index is -0.134. The van der Waals surface area contributed by atoms with Crippen LogP contribution in [0.5, 0.6) is 5.88 Å². The van der Waals surface area contributed by atoms with Crippen LogP contribution in [0.4, 0.5) is 0 Å². The zero-order chi connectivity index (χ0) is 21.7. The Kier molecular flexibility index (Phi) is 7.23. The second-order valence-corrected chi connectivity index (χ2v) is 8.16. The van der Waals surface area contributed by atoms with Crippen LogP contribution in [0.25, 0.3) is 0 Å². The Morgan fingerprint density at radius 2 is 2.10 bits per heavy atom. The largest absolute Gasteiger partial charge is 0.477 e. The Morgan fingerprint density at radius 1 is 1.30 bits per heavy atom. The van der Waals surface area contributed by atoms with E-state index in [1.165, 1.54) is 5.56 Å². The van der Waals surface area contributed by atoms with Crippen LogP contribution in [0, 0.1) is 37.0 Å². The summed E-state index contributed by atoms with van der Waals surface area (Å²) in [7, 11) is 0. The Bertz CT molecular complexity index is 938. The number of rotatable bonds is 8. The first-order valence-electron chi connectivity index (χ1n) is 10.7. The zero-order valence-corrected chi connectivity index (χ0v) is 18.1. The van der Waals surface area contributed by atoms with Gasteiger partial charge in [-0.05, 0) is 73.8 Å². The standard InChI is InChI=1S/C25H30N2O3/c1-4-19-12-18(5-6-21(19)14-26)13-20-7-8-24(29)23(20)15-30-25-11-16(2)22(9-10-28)17(3)27-25/h5-6,11-12,20,23,28H,4,7-10,13,15H2,1-3H3/t20-,23-/m1/s1. The zero-order valence-electron chi connectivity index (χ0n) is 18.1. The van der Waals surface area contributed by atoms with E-state index in [1.807, 2.05) is 32.0 Å². The molecule has 0 aliphatic heterocycles. The summed E-state index contributed by atoms with van der Waals surface area (Å²) in [5.74, 6) is 0.905. The number of ketones is 1. The molecular formula is C25H30N2O3. The number of aryl methyl sites for hydroxylation is 3. The monoisotopic (exact) mass is 406 g/mol. The van der Waals surface area contributed by atoms with Crippen LogP contribution in [-0.2, 0) is 24.1 Å². The number of nitrogens with zero attached hydrogens (tertiary/aromatic N) is 2. The van der Waals surface area contributed by atoms with E-state index in [-0.39, 0.29) is 24.2 Å². The minimum absolute atomic E-state index is 0.0942. The average molecular weight is 407 g/mol. The number of aliphatic hydroxyl groups is 1. The van der Waals surface area contributed by atoms with Gasteiger partial charge in [0.1, 0.15) is 5.78 Å². The topological polar surface area (TPSA) is 83.2 Å². The molecule has 1 fully saturated rings. The van der Waals surface area contributed by atoms with Gasteiger partial charge in [0.05, 0.1) is 24.2 Å². The lowest BCUT2D eigenvalue weighted by Gasteiger charge is -2.20. The van der Waals surface area contributed by atoms with Crippen LogP contribution < -0.4 is 4.74 Å². The molecule has 1 aliphatic rings. The molecule has 3 rings (SSSR count). The lowest BCUT2D eigenvalue weighted by atomic mass is 9.88. The Hall–Kier alpha value is -2.71. The molecule has 30 heavy (non-hydrogen) atoms. The molecule has 0 amide bonds. The summed E-state index contributed by atoms with van der Waals surface area (Å²) in [4.78, 5) is 17.0. The van der Waals surface area contributed by atoms with Crippen molar-refractivity contribution in [2.24, 2.45) is 11.8 Å². The molecule has 1 aromatic heterocycles. The van der Waals surface area contributed by atoms with Gasteiger partial charge < -0.3 is 9.84 Å². The summed E-state index contributed by atoms with van der Waals surface area (Å²) in [6.07, 6.45) is 3.69. The van der Waals surface area contributed by atoms with E-state index >= 15 is 0 Å². The van der Waals surface area contributed by atoms with Crippen molar-refractivity contribution in [1.82, 2.24) is 4.98 Å². The van der Waals surface area contributed by atoms with Crippen molar-refractivity contribution in [3.8, 4) is 11.9 Å². The van der Waals surface area contributed by atoms with Crippen molar-refractivity contribution in [2.45, 2.75) is 52.9 Å². The van der Waals surface area contributed by atoms with Gasteiger partial charge in [-0.1, -0.05) is 19.1 Å². The number of aromatic nitrogens is 1. The van der Waals surface area contributed by atoms with Gasteiger partial charge in [-0.2, -0.15) is 5.26 Å². The smallest absolute Gasteiger partial charge is 0.213 e. The number of pyridine rings is 1. The maximum atomic E-state index is 12.5. The van der Waals surface area contributed by atoms with Gasteiger partial charge in [0.15, 0.2) is 0 Å². The van der Waals surface area contributed by atoms with Gasteiger partial charge in [-0.15, -0.1) is 0 Å². The molecule has 0 spiro atoms. The molecule has 0 radical (unpaired) electrons. The number of ether oxygens (including phenoxy) is 1. The van der Waals surface area contributed by atoms with Crippen LogP contribution in [0.2, 0.25) is 0 Å². The molecule has 1 aromatic carbocycles. The second kappa shape index (κ2) is 9.86. The molecule has 2 aromatic rings. The highest BCUT2D eigenvalue weighted by atomic mass is 16.5. The first-order valence-corrected chi connectivity index (χ1v) is 10.7. The molecule has 1 aliphatic carbocycles. The number of hydrogen-bond donors (Lipinski definition) is 1.